The summed E-state index contributed by atoms with van der Waals surface area (Å²) in [7, 11) is 0. The number of nitrogens with one attached hydrogen (secondary N) is 1. The topological polar surface area (TPSA) is 49.4 Å². The van der Waals surface area contributed by atoms with Gasteiger partial charge in [0.25, 0.3) is 0 Å². The molecule has 1 rings (SSSR count). The first-order valence-corrected chi connectivity index (χ1v) is 6.58. The molecule has 1 aliphatic heterocycles. The molecule has 0 aromatic heterocycles. The molecule has 1 unspecified atom stereocenters. The van der Waals surface area contributed by atoms with E-state index in [4.69, 9.17) is 0 Å². The Hall–Kier alpha value is -1.06. The van der Waals surface area contributed by atoms with Gasteiger partial charge in [-0.15, -0.1) is 0 Å². The highest BCUT2D eigenvalue weighted by Gasteiger charge is 2.50. The van der Waals surface area contributed by atoms with Crippen LogP contribution < -0.4 is 5.32 Å². The molecule has 0 aromatic carbocycles. The summed E-state index contributed by atoms with van der Waals surface area (Å²) in [5.74, 6) is 0.0634. The van der Waals surface area contributed by atoms with Crippen LogP contribution in [0.4, 0.5) is 0 Å². The molecule has 1 aliphatic rings. The number of rotatable bonds is 4. The minimum Gasteiger partial charge on any atom is -0.342 e. The quantitative estimate of drug-likeness (QED) is 0.813. The Morgan fingerprint density at radius 2 is 1.76 bits per heavy atom. The van der Waals surface area contributed by atoms with E-state index in [1.165, 1.54) is 0 Å². The van der Waals surface area contributed by atoms with Crippen molar-refractivity contribution in [3.63, 3.8) is 0 Å². The van der Waals surface area contributed by atoms with Crippen LogP contribution in [0.1, 0.15) is 53.9 Å². The zero-order chi connectivity index (χ0) is 13.2. The summed E-state index contributed by atoms with van der Waals surface area (Å²) in [4.78, 5) is 26.5. The molecule has 0 aliphatic carbocycles. The lowest BCUT2D eigenvalue weighted by Gasteiger charge is -2.49. The largest absolute Gasteiger partial charge is 0.342 e. The summed E-state index contributed by atoms with van der Waals surface area (Å²) < 4.78 is 0. The maximum Gasteiger partial charge on any atom is 0.246 e. The highest BCUT2D eigenvalue weighted by molar-refractivity contribution is 5.99. The van der Waals surface area contributed by atoms with Crippen molar-refractivity contribution in [3.05, 3.63) is 0 Å². The summed E-state index contributed by atoms with van der Waals surface area (Å²) in [5, 5.41) is 2.86. The van der Waals surface area contributed by atoms with Gasteiger partial charge in [-0.2, -0.15) is 0 Å². The number of hydrogen-bond donors (Lipinski definition) is 1. The van der Waals surface area contributed by atoms with Gasteiger partial charge in [-0.25, -0.2) is 0 Å². The van der Waals surface area contributed by atoms with E-state index in [2.05, 4.69) is 5.32 Å². The van der Waals surface area contributed by atoms with Gasteiger partial charge in [-0.1, -0.05) is 20.8 Å². The minimum atomic E-state index is -0.656. The Balaban J connectivity index is 3.19. The van der Waals surface area contributed by atoms with Crippen LogP contribution >= 0.6 is 0 Å². The number of carbonyl (C=O) groups is 2. The first-order valence-electron chi connectivity index (χ1n) is 6.58. The molecular formula is C13H24N2O2. The van der Waals surface area contributed by atoms with Crippen molar-refractivity contribution < 1.29 is 9.59 Å². The number of amides is 2. The molecule has 1 atom stereocenters. The van der Waals surface area contributed by atoms with Crippen molar-refractivity contribution in [2.75, 3.05) is 0 Å². The Morgan fingerprint density at radius 1 is 1.24 bits per heavy atom. The SMILES string of the molecule is CCC1NC(=O)C(CC)(CC)N(C(C)C)C1=O. The predicted molar refractivity (Wildman–Crippen MR) is 67.5 cm³/mol. The average molecular weight is 240 g/mol. The molecular weight excluding hydrogens is 216 g/mol. The molecule has 98 valence electrons. The minimum absolute atomic E-state index is 0.00245. The third-order valence-electron chi connectivity index (χ3n) is 3.82. The van der Waals surface area contributed by atoms with Crippen LogP contribution in [0.25, 0.3) is 0 Å². The van der Waals surface area contributed by atoms with Gasteiger partial charge in [0.15, 0.2) is 0 Å². The Labute approximate surface area is 104 Å². The van der Waals surface area contributed by atoms with E-state index in [1.54, 1.807) is 4.90 Å². The third-order valence-corrected chi connectivity index (χ3v) is 3.82. The van der Waals surface area contributed by atoms with Gasteiger partial charge in [0.05, 0.1) is 0 Å². The Bertz CT molecular complexity index is 309. The maximum atomic E-state index is 12.4. The molecule has 0 spiro atoms. The second-order valence-corrected chi connectivity index (χ2v) is 4.97. The van der Waals surface area contributed by atoms with Gasteiger partial charge in [0.1, 0.15) is 11.6 Å². The van der Waals surface area contributed by atoms with E-state index in [-0.39, 0.29) is 23.9 Å². The lowest BCUT2D eigenvalue weighted by molar-refractivity contribution is -0.161. The summed E-state index contributed by atoms with van der Waals surface area (Å²) >= 11 is 0. The molecule has 1 fully saturated rings. The smallest absolute Gasteiger partial charge is 0.246 e. The standard InChI is InChI=1S/C13H24N2O2/c1-6-10-11(16)15(9(4)5)13(7-2,8-3)12(17)14-10/h9-10H,6-8H2,1-5H3,(H,14,17). The van der Waals surface area contributed by atoms with Crippen LogP contribution in [0.15, 0.2) is 0 Å². The fraction of sp³-hybridized carbons (Fsp3) is 0.846. The zero-order valence-electron chi connectivity index (χ0n) is 11.5. The van der Waals surface area contributed by atoms with Crippen molar-refractivity contribution >= 4 is 11.8 Å². The van der Waals surface area contributed by atoms with E-state index in [9.17, 15) is 9.59 Å². The van der Waals surface area contributed by atoms with Crippen LogP contribution in [-0.2, 0) is 9.59 Å². The highest BCUT2D eigenvalue weighted by Crippen LogP contribution is 2.31. The summed E-state index contributed by atoms with van der Waals surface area (Å²) in [6, 6.07) is -0.293. The van der Waals surface area contributed by atoms with Gasteiger partial charge in [-0.05, 0) is 33.1 Å². The molecule has 0 aromatic rings. The van der Waals surface area contributed by atoms with Crippen molar-refractivity contribution in [1.29, 1.82) is 0 Å². The first kappa shape index (κ1) is 14.0. The van der Waals surface area contributed by atoms with Crippen molar-refractivity contribution in [3.8, 4) is 0 Å². The van der Waals surface area contributed by atoms with E-state index in [1.807, 2.05) is 34.6 Å². The first-order chi connectivity index (χ1) is 7.94. The predicted octanol–water partition coefficient (Wildman–Crippen LogP) is 1.69. The van der Waals surface area contributed by atoms with Gasteiger partial charge >= 0.3 is 0 Å². The molecule has 0 radical (unpaired) electrons. The van der Waals surface area contributed by atoms with E-state index < -0.39 is 5.54 Å². The number of nitrogens with zero attached hydrogens (tertiary/aromatic N) is 1. The Kier molecular flexibility index (Phi) is 4.17. The molecule has 0 saturated carbocycles. The van der Waals surface area contributed by atoms with Crippen molar-refractivity contribution in [1.82, 2.24) is 10.2 Å². The van der Waals surface area contributed by atoms with E-state index in [0.717, 1.165) is 0 Å². The molecule has 4 heteroatoms. The molecule has 4 nitrogen and oxygen atoms in total. The highest BCUT2D eigenvalue weighted by atomic mass is 16.2. The lowest BCUT2D eigenvalue weighted by atomic mass is 9.84. The number of hydrogen-bond acceptors (Lipinski definition) is 2. The van der Waals surface area contributed by atoms with Crippen LogP contribution in [0.3, 0.4) is 0 Å². The van der Waals surface area contributed by atoms with Gasteiger partial charge in [0.2, 0.25) is 11.8 Å². The zero-order valence-corrected chi connectivity index (χ0v) is 11.5. The fourth-order valence-electron chi connectivity index (χ4n) is 2.78. The monoisotopic (exact) mass is 240 g/mol. The van der Waals surface area contributed by atoms with Crippen LogP contribution in [-0.4, -0.2) is 34.3 Å². The Morgan fingerprint density at radius 3 is 2.12 bits per heavy atom. The maximum absolute atomic E-state index is 12.4. The summed E-state index contributed by atoms with van der Waals surface area (Å²) in [5.41, 5.74) is -0.656. The normalized spacial score (nSPS) is 24.1. The molecule has 2 amide bonds. The number of piperazine rings is 1. The molecule has 1 heterocycles. The molecule has 17 heavy (non-hydrogen) atoms. The molecule has 1 saturated heterocycles. The van der Waals surface area contributed by atoms with Crippen LogP contribution in [0.5, 0.6) is 0 Å². The number of carbonyl (C=O) groups excluding carboxylic acids is 2. The van der Waals surface area contributed by atoms with Crippen molar-refractivity contribution in [2.45, 2.75) is 71.5 Å². The van der Waals surface area contributed by atoms with Crippen LogP contribution in [0, 0.1) is 0 Å². The third kappa shape index (κ3) is 2.05. The summed E-state index contributed by atoms with van der Waals surface area (Å²) in [6.07, 6.45) is 1.97. The lowest BCUT2D eigenvalue weighted by Crippen LogP contribution is -2.71. The van der Waals surface area contributed by atoms with E-state index in [0.29, 0.717) is 19.3 Å². The second kappa shape index (κ2) is 5.07. The van der Waals surface area contributed by atoms with Gasteiger partial charge in [0, 0.05) is 6.04 Å². The van der Waals surface area contributed by atoms with Gasteiger partial charge < -0.3 is 10.2 Å². The van der Waals surface area contributed by atoms with E-state index >= 15 is 0 Å². The van der Waals surface area contributed by atoms with Crippen LogP contribution in [0.2, 0.25) is 0 Å². The summed E-state index contributed by atoms with van der Waals surface area (Å²) in [6.45, 7) is 9.81. The van der Waals surface area contributed by atoms with Crippen molar-refractivity contribution in [2.24, 2.45) is 0 Å². The average Bonchev–Trinajstić information content (AvgIpc) is 2.30. The molecule has 1 N–H and O–H groups in total. The molecule has 0 bridgehead atoms. The second-order valence-electron chi connectivity index (χ2n) is 4.97. The van der Waals surface area contributed by atoms with Gasteiger partial charge in [-0.3, -0.25) is 9.59 Å². The fourth-order valence-corrected chi connectivity index (χ4v) is 2.78.